The zero-order valence-corrected chi connectivity index (χ0v) is 17.3. The zero-order valence-electron chi connectivity index (χ0n) is 17.3. The Morgan fingerprint density at radius 3 is 2.46 bits per heavy atom. The van der Waals surface area contributed by atoms with Gasteiger partial charge in [-0.25, -0.2) is 0 Å². The monoisotopic (exact) mass is 380 g/mol. The normalized spacial score (nSPS) is 17.8. The van der Waals surface area contributed by atoms with Gasteiger partial charge in [0.05, 0.1) is 11.7 Å². The van der Waals surface area contributed by atoms with E-state index in [2.05, 4.69) is 46.1 Å². The van der Waals surface area contributed by atoms with Gasteiger partial charge < -0.3 is 5.32 Å². The lowest BCUT2D eigenvalue weighted by molar-refractivity contribution is -0.121. The van der Waals surface area contributed by atoms with E-state index in [4.69, 9.17) is 0 Å². The van der Waals surface area contributed by atoms with Crippen LogP contribution in [0.3, 0.4) is 0 Å². The summed E-state index contributed by atoms with van der Waals surface area (Å²) in [5, 5.41) is 3.17. The van der Waals surface area contributed by atoms with Gasteiger partial charge in [0.25, 0.3) is 0 Å². The van der Waals surface area contributed by atoms with Crippen molar-refractivity contribution in [2.75, 3.05) is 31.5 Å². The molecule has 0 aliphatic carbocycles. The second-order valence-electron chi connectivity index (χ2n) is 7.69. The van der Waals surface area contributed by atoms with E-state index in [9.17, 15) is 4.79 Å². The molecule has 1 aliphatic heterocycles. The van der Waals surface area contributed by atoms with Gasteiger partial charge in [0.15, 0.2) is 0 Å². The third kappa shape index (κ3) is 5.18. The quantitative estimate of drug-likeness (QED) is 0.795. The number of anilines is 1. The molecule has 0 spiro atoms. The van der Waals surface area contributed by atoms with Crippen molar-refractivity contribution in [3.8, 4) is 0 Å². The average Bonchev–Trinajstić information content (AvgIpc) is 2.74. The minimum atomic E-state index is -0.137. The van der Waals surface area contributed by atoms with E-state index in [0.717, 1.165) is 50.5 Å². The van der Waals surface area contributed by atoms with Gasteiger partial charge in [0, 0.05) is 44.6 Å². The van der Waals surface area contributed by atoms with Crippen molar-refractivity contribution >= 4 is 11.6 Å². The number of carbonyl (C=O) groups is 1. The molecule has 150 valence electrons. The molecule has 1 saturated heterocycles. The lowest BCUT2D eigenvalue weighted by Crippen LogP contribution is -2.52. The highest BCUT2D eigenvalue weighted by molar-refractivity contribution is 5.95. The van der Waals surface area contributed by atoms with Gasteiger partial charge in [-0.15, -0.1) is 0 Å². The molecule has 1 N–H and O–H groups in total. The number of benzene rings is 1. The smallest absolute Gasteiger partial charge is 0.241 e. The summed E-state index contributed by atoms with van der Waals surface area (Å²) in [5.41, 5.74) is 3.26. The second-order valence-corrected chi connectivity index (χ2v) is 7.69. The Morgan fingerprint density at radius 2 is 1.79 bits per heavy atom. The number of para-hydroxylation sites is 1. The van der Waals surface area contributed by atoms with Crippen LogP contribution in [0.25, 0.3) is 0 Å². The summed E-state index contributed by atoms with van der Waals surface area (Å²) in [7, 11) is 0. The lowest BCUT2D eigenvalue weighted by atomic mass is 9.97. The van der Waals surface area contributed by atoms with Crippen LogP contribution in [0, 0.1) is 0 Å². The summed E-state index contributed by atoms with van der Waals surface area (Å²) < 4.78 is 0. The van der Waals surface area contributed by atoms with Gasteiger partial charge in [-0.05, 0) is 43.0 Å². The molecule has 2 atom stereocenters. The van der Waals surface area contributed by atoms with Gasteiger partial charge in [0.2, 0.25) is 5.91 Å². The Hall–Kier alpha value is -2.24. The summed E-state index contributed by atoms with van der Waals surface area (Å²) in [6.45, 7) is 11.0. The van der Waals surface area contributed by atoms with Crippen LogP contribution in [0.15, 0.2) is 48.7 Å². The maximum atomic E-state index is 12.9. The fraction of sp³-hybridized carbons (Fsp3) is 0.478. The first-order valence-corrected chi connectivity index (χ1v) is 10.3. The predicted octanol–water partition coefficient (Wildman–Crippen LogP) is 3.74. The van der Waals surface area contributed by atoms with Crippen LogP contribution >= 0.6 is 0 Å². The van der Waals surface area contributed by atoms with Crippen molar-refractivity contribution in [1.29, 1.82) is 0 Å². The van der Waals surface area contributed by atoms with Crippen molar-refractivity contribution < 1.29 is 4.79 Å². The van der Waals surface area contributed by atoms with E-state index in [1.165, 1.54) is 5.56 Å². The maximum absolute atomic E-state index is 12.9. The highest BCUT2D eigenvalue weighted by Gasteiger charge is 2.26. The summed E-state index contributed by atoms with van der Waals surface area (Å²) in [4.78, 5) is 22.0. The molecular weight excluding hydrogens is 348 g/mol. The number of nitrogens with one attached hydrogen (secondary N) is 1. The number of nitrogens with zero attached hydrogens (tertiary/aromatic N) is 3. The Bertz CT molecular complexity index is 756. The summed E-state index contributed by atoms with van der Waals surface area (Å²) in [6, 6.07) is 14.1. The first-order chi connectivity index (χ1) is 13.6. The molecular formula is C23H32N4O. The van der Waals surface area contributed by atoms with Gasteiger partial charge in [-0.2, -0.15) is 0 Å². The fourth-order valence-electron chi connectivity index (χ4n) is 3.69. The lowest BCUT2D eigenvalue weighted by Gasteiger charge is -2.37. The number of pyridine rings is 1. The first kappa shape index (κ1) is 20.5. The molecule has 2 unspecified atom stereocenters. The van der Waals surface area contributed by atoms with Gasteiger partial charge in [0.1, 0.15) is 0 Å². The van der Waals surface area contributed by atoms with E-state index in [1.54, 1.807) is 0 Å². The molecule has 2 heterocycles. The average molecular weight is 381 g/mol. The van der Waals surface area contributed by atoms with Gasteiger partial charge in [-0.3, -0.25) is 19.6 Å². The van der Waals surface area contributed by atoms with Gasteiger partial charge >= 0.3 is 0 Å². The molecule has 1 amide bonds. The Labute approximate surface area is 168 Å². The fourth-order valence-corrected chi connectivity index (χ4v) is 3.69. The second kappa shape index (κ2) is 9.80. The Morgan fingerprint density at radius 1 is 1.07 bits per heavy atom. The highest BCUT2D eigenvalue weighted by atomic mass is 16.2. The SMILES string of the molecule is CCC(C)c1ccccc1NC(=O)C(C)N1CCN(Cc2ccccn2)CC1. The number of rotatable bonds is 7. The van der Waals surface area contributed by atoms with Crippen molar-refractivity contribution in [2.24, 2.45) is 0 Å². The van der Waals surface area contributed by atoms with Crippen molar-refractivity contribution in [3.63, 3.8) is 0 Å². The summed E-state index contributed by atoms with van der Waals surface area (Å²) in [6.07, 6.45) is 2.90. The zero-order chi connectivity index (χ0) is 19.9. The molecule has 2 aromatic rings. The van der Waals surface area contributed by atoms with E-state index in [-0.39, 0.29) is 11.9 Å². The van der Waals surface area contributed by atoms with E-state index in [0.29, 0.717) is 5.92 Å². The standard InChI is InChI=1S/C23H32N4O/c1-4-18(2)21-10-5-6-11-22(21)25-23(28)19(3)27-15-13-26(14-16-27)17-20-9-7-8-12-24-20/h5-12,18-19H,4,13-17H2,1-3H3,(H,25,28). The van der Waals surface area contributed by atoms with Crippen LogP contribution in [-0.2, 0) is 11.3 Å². The van der Waals surface area contributed by atoms with Crippen LogP contribution in [-0.4, -0.2) is 52.9 Å². The molecule has 3 rings (SSSR count). The summed E-state index contributed by atoms with van der Waals surface area (Å²) >= 11 is 0. The Balaban J connectivity index is 1.54. The first-order valence-electron chi connectivity index (χ1n) is 10.3. The molecule has 5 nitrogen and oxygen atoms in total. The molecule has 1 aromatic carbocycles. The largest absolute Gasteiger partial charge is 0.324 e. The molecule has 0 bridgehead atoms. The molecule has 1 aromatic heterocycles. The minimum absolute atomic E-state index is 0.0777. The number of hydrogen-bond donors (Lipinski definition) is 1. The molecule has 1 fully saturated rings. The van der Waals surface area contributed by atoms with E-state index < -0.39 is 0 Å². The third-order valence-corrected chi connectivity index (χ3v) is 5.81. The van der Waals surface area contributed by atoms with Crippen molar-refractivity contribution in [1.82, 2.24) is 14.8 Å². The number of aromatic nitrogens is 1. The number of amides is 1. The van der Waals surface area contributed by atoms with Crippen LogP contribution in [0.1, 0.15) is 44.4 Å². The number of piperazine rings is 1. The molecule has 0 radical (unpaired) electrons. The maximum Gasteiger partial charge on any atom is 0.241 e. The number of carbonyl (C=O) groups excluding carboxylic acids is 1. The van der Waals surface area contributed by atoms with Crippen LogP contribution in [0.5, 0.6) is 0 Å². The van der Waals surface area contributed by atoms with Crippen LogP contribution in [0.2, 0.25) is 0 Å². The minimum Gasteiger partial charge on any atom is -0.324 e. The molecule has 1 aliphatic rings. The van der Waals surface area contributed by atoms with E-state index >= 15 is 0 Å². The van der Waals surface area contributed by atoms with Crippen LogP contribution < -0.4 is 5.32 Å². The van der Waals surface area contributed by atoms with Crippen LogP contribution in [0.4, 0.5) is 5.69 Å². The van der Waals surface area contributed by atoms with E-state index in [1.807, 2.05) is 43.5 Å². The molecule has 0 saturated carbocycles. The topological polar surface area (TPSA) is 48.5 Å². The van der Waals surface area contributed by atoms with Gasteiger partial charge in [-0.1, -0.05) is 38.1 Å². The Kier molecular flexibility index (Phi) is 7.18. The van der Waals surface area contributed by atoms with Crippen molar-refractivity contribution in [3.05, 3.63) is 59.9 Å². The highest BCUT2D eigenvalue weighted by Crippen LogP contribution is 2.26. The van der Waals surface area contributed by atoms with Crippen molar-refractivity contribution in [2.45, 2.75) is 45.7 Å². The molecule has 5 heteroatoms. The molecule has 28 heavy (non-hydrogen) atoms. The third-order valence-electron chi connectivity index (χ3n) is 5.81. The number of hydrogen-bond acceptors (Lipinski definition) is 4. The summed E-state index contributed by atoms with van der Waals surface area (Å²) in [5.74, 6) is 0.510. The predicted molar refractivity (Wildman–Crippen MR) is 114 cm³/mol.